The molecule has 5 heteroatoms. The minimum Gasteiger partial charge on any atom is -0.464 e. The lowest BCUT2D eigenvalue weighted by atomic mass is 9.80. The Morgan fingerprint density at radius 2 is 1.85 bits per heavy atom. The standard InChI is InChI=1S/C22H22F3NO/c1-15-13-26(14-16-5-3-2-4-6-16)11-9-17(15)18-7-8-20(22(23,24)25)19-10-12-27-21(18)19/h2-8,10,12,15,17H,9,11,13-14H2,1H3/t15-,17+/m1/s1. The summed E-state index contributed by atoms with van der Waals surface area (Å²) in [6, 6.07) is 14.6. The zero-order valence-electron chi connectivity index (χ0n) is 15.2. The van der Waals surface area contributed by atoms with Crippen LogP contribution in [0.5, 0.6) is 0 Å². The van der Waals surface area contributed by atoms with Gasteiger partial charge in [-0.05, 0) is 48.1 Å². The highest BCUT2D eigenvalue weighted by Gasteiger charge is 2.35. The molecule has 0 N–H and O–H groups in total. The molecule has 0 radical (unpaired) electrons. The van der Waals surface area contributed by atoms with Gasteiger partial charge in [-0.3, -0.25) is 4.90 Å². The van der Waals surface area contributed by atoms with E-state index in [2.05, 4.69) is 24.0 Å². The van der Waals surface area contributed by atoms with Gasteiger partial charge in [0.05, 0.1) is 11.8 Å². The van der Waals surface area contributed by atoms with Gasteiger partial charge >= 0.3 is 6.18 Å². The van der Waals surface area contributed by atoms with Crippen LogP contribution < -0.4 is 0 Å². The van der Waals surface area contributed by atoms with Gasteiger partial charge in [0.2, 0.25) is 0 Å². The third-order valence-electron chi connectivity index (χ3n) is 5.59. The zero-order valence-corrected chi connectivity index (χ0v) is 15.2. The molecule has 0 spiro atoms. The van der Waals surface area contributed by atoms with Crippen molar-refractivity contribution in [2.45, 2.75) is 32.0 Å². The van der Waals surface area contributed by atoms with E-state index in [0.717, 1.165) is 31.6 Å². The van der Waals surface area contributed by atoms with Gasteiger partial charge in [0.1, 0.15) is 5.58 Å². The number of fused-ring (bicyclic) bond motifs is 1. The number of benzene rings is 2. The molecule has 1 fully saturated rings. The van der Waals surface area contributed by atoms with Crippen molar-refractivity contribution in [1.29, 1.82) is 0 Å². The number of likely N-dealkylation sites (tertiary alicyclic amines) is 1. The fourth-order valence-corrected chi connectivity index (χ4v) is 4.30. The molecule has 3 aromatic rings. The lowest BCUT2D eigenvalue weighted by Gasteiger charge is -2.37. The van der Waals surface area contributed by atoms with Crippen molar-refractivity contribution in [3.05, 3.63) is 71.5 Å². The largest absolute Gasteiger partial charge is 0.464 e. The van der Waals surface area contributed by atoms with E-state index in [9.17, 15) is 13.2 Å². The van der Waals surface area contributed by atoms with Gasteiger partial charge < -0.3 is 4.42 Å². The minimum absolute atomic E-state index is 0.166. The Balaban J connectivity index is 1.56. The Morgan fingerprint density at radius 3 is 2.56 bits per heavy atom. The Kier molecular flexibility index (Phi) is 4.72. The Bertz CT molecular complexity index is 916. The summed E-state index contributed by atoms with van der Waals surface area (Å²) >= 11 is 0. The highest BCUT2D eigenvalue weighted by Crippen LogP contribution is 2.42. The van der Waals surface area contributed by atoms with Gasteiger partial charge in [-0.15, -0.1) is 0 Å². The normalized spacial score (nSPS) is 21.6. The first-order valence-corrected chi connectivity index (χ1v) is 9.27. The van der Waals surface area contributed by atoms with E-state index >= 15 is 0 Å². The molecule has 0 unspecified atom stereocenters. The van der Waals surface area contributed by atoms with Gasteiger partial charge in [0.25, 0.3) is 0 Å². The van der Waals surface area contributed by atoms with E-state index in [1.165, 1.54) is 24.0 Å². The molecule has 2 aromatic carbocycles. The molecule has 0 amide bonds. The number of hydrogen-bond acceptors (Lipinski definition) is 2. The zero-order chi connectivity index (χ0) is 19.0. The van der Waals surface area contributed by atoms with Gasteiger partial charge in [0.15, 0.2) is 0 Å². The second-order valence-electron chi connectivity index (χ2n) is 7.46. The summed E-state index contributed by atoms with van der Waals surface area (Å²) in [5.74, 6) is 0.542. The number of furan rings is 1. The average molecular weight is 373 g/mol. The summed E-state index contributed by atoms with van der Waals surface area (Å²) in [7, 11) is 0. The topological polar surface area (TPSA) is 16.4 Å². The van der Waals surface area contributed by atoms with Crippen molar-refractivity contribution in [1.82, 2.24) is 4.90 Å². The number of alkyl halides is 3. The molecule has 1 aliphatic rings. The molecule has 0 bridgehead atoms. The van der Waals surface area contributed by atoms with Crippen LogP contribution in [0.25, 0.3) is 11.0 Å². The quantitative estimate of drug-likeness (QED) is 0.553. The van der Waals surface area contributed by atoms with Crippen molar-refractivity contribution in [3.63, 3.8) is 0 Å². The van der Waals surface area contributed by atoms with Crippen molar-refractivity contribution in [2.24, 2.45) is 5.92 Å². The van der Waals surface area contributed by atoms with Gasteiger partial charge in [0, 0.05) is 18.5 Å². The van der Waals surface area contributed by atoms with Crippen molar-refractivity contribution >= 4 is 11.0 Å². The average Bonchev–Trinajstić information content (AvgIpc) is 3.11. The summed E-state index contributed by atoms with van der Waals surface area (Å²) in [6.45, 7) is 4.92. The van der Waals surface area contributed by atoms with Crippen molar-refractivity contribution < 1.29 is 17.6 Å². The summed E-state index contributed by atoms with van der Waals surface area (Å²) in [6.07, 6.45) is -2.10. The first-order valence-electron chi connectivity index (χ1n) is 9.27. The molecule has 2 nitrogen and oxygen atoms in total. The minimum atomic E-state index is -4.37. The van der Waals surface area contributed by atoms with E-state index in [0.29, 0.717) is 11.5 Å². The van der Waals surface area contributed by atoms with Gasteiger partial charge in [-0.2, -0.15) is 13.2 Å². The summed E-state index contributed by atoms with van der Waals surface area (Å²) in [5.41, 5.74) is 1.95. The smallest absolute Gasteiger partial charge is 0.417 e. The molecule has 1 aliphatic heterocycles. The SMILES string of the molecule is C[C@@H]1CN(Cc2ccccc2)CC[C@@H]1c1ccc(C(F)(F)F)c2ccoc12. The summed E-state index contributed by atoms with van der Waals surface area (Å²) in [5, 5.41) is 0.166. The maximum atomic E-state index is 13.3. The lowest BCUT2D eigenvalue weighted by molar-refractivity contribution is -0.136. The van der Waals surface area contributed by atoms with E-state index < -0.39 is 11.7 Å². The molecule has 2 atom stereocenters. The fourth-order valence-electron chi connectivity index (χ4n) is 4.30. The van der Waals surface area contributed by atoms with E-state index in [1.807, 2.05) is 18.2 Å². The van der Waals surface area contributed by atoms with E-state index in [1.54, 1.807) is 6.07 Å². The van der Waals surface area contributed by atoms with Crippen LogP contribution in [0.15, 0.2) is 59.2 Å². The van der Waals surface area contributed by atoms with Crippen molar-refractivity contribution in [2.75, 3.05) is 13.1 Å². The molecule has 142 valence electrons. The highest BCUT2D eigenvalue weighted by molar-refractivity contribution is 5.85. The predicted octanol–water partition coefficient (Wildman–Crippen LogP) is 6.08. The first kappa shape index (κ1) is 18.1. The third kappa shape index (κ3) is 3.61. The third-order valence-corrected chi connectivity index (χ3v) is 5.59. The van der Waals surface area contributed by atoms with Crippen LogP contribution in [0.1, 0.15) is 36.0 Å². The molecule has 2 heterocycles. The van der Waals surface area contributed by atoms with Crippen LogP contribution in [0.2, 0.25) is 0 Å². The first-order chi connectivity index (χ1) is 12.9. The van der Waals surface area contributed by atoms with Crippen LogP contribution >= 0.6 is 0 Å². The number of nitrogens with zero attached hydrogens (tertiary/aromatic N) is 1. The van der Waals surface area contributed by atoms with Crippen LogP contribution in [-0.4, -0.2) is 18.0 Å². The molecule has 1 aromatic heterocycles. The Hall–Kier alpha value is -2.27. The number of hydrogen-bond donors (Lipinski definition) is 0. The lowest BCUT2D eigenvalue weighted by Crippen LogP contribution is -2.37. The maximum Gasteiger partial charge on any atom is 0.417 e. The van der Waals surface area contributed by atoms with Crippen LogP contribution in [-0.2, 0) is 12.7 Å². The second kappa shape index (κ2) is 7.04. The molecule has 0 saturated carbocycles. The van der Waals surface area contributed by atoms with Crippen LogP contribution in [0.3, 0.4) is 0 Å². The number of halogens is 3. The van der Waals surface area contributed by atoms with Gasteiger partial charge in [-0.1, -0.05) is 43.3 Å². The molecule has 4 rings (SSSR count). The Labute approximate surface area is 156 Å². The molecule has 27 heavy (non-hydrogen) atoms. The number of piperidine rings is 1. The highest BCUT2D eigenvalue weighted by atomic mass is 19.4. The summed E-state index contributed by atoms with van der Waals surface area (Å²) < 4.78 is 45.3. The predicted molar refractivity (Wildman–Crippen MR) is 99.5 cm³/mol. The second-order valence-corrected chi connectivity index (χ2v) is 7.46. The van der Waals surface area contributed by atoms with E-state index in [4.69, 9.17) is 4.42 Å². The monoisotopic (exact) mass is 373 g/mol. The molecular weight excluding hydrogens is 351 g/mol. The molecule has 0 aliphatic carbocycles. The van der Waals surface area contributed by atoms with Crippen molar-refractivity contribution in [3.8, 4) is 0 Å². The van der Waals surface area contributed by atoms with Crippen LogP contribution in [0, 0.1) is 5.92 Å². The molecule has 1 saturated heterocycles. The Morgan fingerprint density at radius 1 is 1.07 bits per heavy atom. The van der Waals surface area contributed by atoms with Gasteiger partial charge in [-0.25, -0.2) is 0 Å². The number of rotatable bonds is 3. The van der Waals surface area contributed by atoms with E-state index in [-0.39, 0.29) is 11.3 Å². The van der Waals surface area contributed by atoms with Crippen LogP contribution in [0.4, 0.5) is 13.2 Å². The molecular formula is C22H22F3NO. The maximum absolute atomic E-state index is 13.3. The fraction of sp³-hybridized carbons (Fsp3) is 0.364. The summed E-state index contributed by atoms with van der Waals surface area (Å²) in [4.78, 5) is 2.42.